The van der Waals surface area contributed by atoms with Crippen LogP contribution in [0, 0.1) is 0 Å². The zero-order chi connectivity index (χ0) is 22.2. The third-order valence-corrected chi connectivity index (χ3v) is 6.23. The first-order valence-corrected chi connectivity index (χ1v) is 13.8. The quantitative estimate of drug-likeness (QED) is 0.174. The van der Waals surface area contributed by atoms with Gasteiger partial charge in [-0.2, -0.15) is 0 Å². The van der Waals surface area contributed by atoms with Crippen molar-refractivity contribution in [3.8, 4) is 5.75 Å². The second-order valence-electron chi connectivity index (χ2n) is 9.33. The van der Waals surface area contributed by atoms with Crippen LogP contribution in [-0.2, 0) is 6.54 Å². The van der Waals surface area contributed by atoms with Crippen LogP contribution in [-0.4, -0.2) is 13.2 Å². The number of ether oxygens (including phenoxy) is 1. The predicted molar refractivity (Wildman–Crippen MR) is 138 cm³/mol. The van der Waals surface area contributed by atoms with E-state index in [1.165, 1.54) is 115 Å². The van der Waals surface area contributed by atoms with Gasteiger partial charge in [0.05, 0.1) is 6.61 Å². The minimum Gasteiger partial charge on any atom is -0.494 e. The Morgan fingerprint density at radius 3 is 1.52 bits per heavy atom. The predicted octanol–water partition coefficient (Wildman–Crippen LogP) is 9.22. The maximum Gasteiger partial charge on any atom is 0.119 e. The van der Waals surface area contributed by atoms with E-state index in [1.54, 1.807) is 0 Å². The average Bonchev–Trinajstić information content (AvgIpc) is 2.79. The molecule has 0 saturated heterocycles. The minimum atomic E-state index is 0.844. The van der Waals surface area contributed by atoms with Crippen molar-refractivity contribution in [1.82, 2.24) is 5.32 Å². The van der Waals surface area contributed by atoms with E-state index in [0.717, 1.165) is 31.9 Å². The summed E-state index contributed by atoms with van der Waals surface area (Å²) >= 11 is 0. The van der Waals surface area contributed by atoms with E-state index in [0.29, 0.717) is 0 Å². The fourth-order valence-corrected chi connectivity index (χ4v) is 4.10. The third-order valence-electron chi connectivity index (χ3n) is 6.23. The van der Waals surface area contributed by atoms with E-state index in [2.05, 4.69) is 43.4 Å². The molecule has 180 valence electrons. The van der Waals surface area contributed by atoms with Crippen LogP contribution in [0.4, 0.5) is 0 Å². The SMILES string of the molecule is CCCCCCCCCCCCCCCCNCc1ccc(OCCCCCC)cc1. The molecule has 0 aliphatic carbocycles. The molecule has 2 heteroatoms. The molecule has 0 amide bonds. The van der Waals surface area contributed by atoms with Gasteiger partial charge < -0.3 is 10.1 Å². The fourth-order valence-electron chi connectivity index (χ4n) is 4.10. The van der Waals surface area contributed by atoms with Crippen LogP contribution in [0.15, 0.2) is 24.3 Å². The lowest BCUT2D eigenvalue weighted by Crippen LogP contribution is -2.14. The highest BCUT2D eigenvalue weighted by Crippen LogP contribution is 2.14. The van der Waals surface area contributed by atoms with E-state index in [4.69, 9.17) is 4.74 Å². The Morgan fingerprint density at radius 2 is 1.00 bits per heavy atom. The van der Waals surface area contributed by atoms with Gasteiger partial charge in [0.15, 0.2) is 0 Å². The number of hydrogen-bond donors (Lipinski definition) is 1. The first-order valence-electron chi connectivity index (χ1n) is 13.8. The molecule has 31 heavy (non-hydrogen) atoms. The molecule has 0 aromatic heterocycles. The number of nitrogens with one attached hydrogen (secondary N) is 1. The Balaban J connectivity index is 1.83. The number of rotatable bonds is 23. The Bertz CT molecular complexity index is 470. The van der Waals surface area contributed by atoms with Gasteiger partial charge in [-0.15, -0.1) is 0 Å². The van der Waals surface area contributed by atoms with Crippen molar-refractivity contribution >= 4 is 0 Å². The second-order valence-corrected chi connectivity index (χ2v) is 9.33. The highest BCUT2D eigenvalue weighted by atomic mass is 16.5. The largest absolute Gasteiger partial charge is 0.494 e. The lowest BCUT2D eigenvalue weighted by molar-refractivity contribution is 0.305. The normalized spacial score (nSPS) is 11.2. The molecule has 0 bridgehead atoms. The zero-order valence-electron chi connectivity index (χ0n) is 21.1. The molecule has 0 atom stereocenters. The van der Waals surface area contributed by atoms with Crippen LogP contribution >= 0.6 is 0 Å². The van der Waals surface area contributed by atoms with E-state index in [-0.39, 0.29) is 0 Å². The van der Waals surface area contributed by atoms with E-state index < -0.39 is 0 Å². The minimum absolute atomic E-state index is 0.844. The molecular weight excluding hydrogens is 378 g/mol. The summed E-state index contributed by atoms with van der Waals surface area (Å²) in [7, 11) is 0. The maximum absolute atomic E-state index is 5.82. The van der Waals surface area contributed by atoms with Crippen molar-refractivity contribution in [2.45, 2.75) is 136 Å². The van der Waals surface area contributed by atoms with E-state index >= 15 is 0 Å². The van der Waals surface area contributed by atoms with Gasteiger partial charge >= 0.3 is 0 Å². The molecule has 0 saturated carbocycles. The molecule has 0 fully saturated rings. The van der Waals surface area contributed by atoms with Crippen molar-refractivity contribution in [2.24, 2.45) is 0 Å². The van der Waals surface area contributed by atoms with Gasteiger partial charge in [-0.25, -0.2) is 0 Å². The molecule has 1 N–H and O–H groups in total. The average molecular weight is 432 g/mol. The van der Waals surface area contributed by atoms with Gasteiger partial charge in [0.1, 0.15) is 5.75 Å². The molecule has 0 heterocycles. The van der Waals surface area contributed by atoms with Gasteiger partial charge in [0.2, 0.25) is 0 Å². The Morgan fingerprint density at radius 1 is 0.548 bits per heavy atom. The molecular formula is C29H53NO. The molecule has 0 aliphatic heterocycles. The van der Waals surface area contributed by atoms with E-state index in [1.807, 2.05) is 0 Å². The Hall–Kier alpha value is -1.02. The van der Waals surface area contributed by atoms with E-state index in [9.17, 15) is 0 Å². The van der Waals surface area contributed by atoms with Gasteiger partial charge in [0.25, 0.3) is 0 Å². The number of benzene rings is 1. The molecule has 0 radical (unpaired) electrons. The molecule has 2 nitrogen and oxygen atoms in total. The van der Waals surface area contributed by atoms with Gasteiger partial charge in [-0.1, -0.05) is 129 Å². The number of hydrogen-bond acceptors (Lipinski definition) is 2. The highest BCUT2D eigenvalue weighted by molar-refractivity contribution is 5.27. The van der Waals surface area contributed by atoms with Gasteiger partial charge in [-0.05, 0) is 37.1 Å². The summed E-state index contributed by atoms with van der Waals surface area (Å²) in [4.78, 5) is 0. The van der Waals surface area contributed by atoms with Crippen molar-refractivity contribution in [1.29, 1.82) is 0 Å². The van der Waals surface area contributed by atoms with Crippen LogP contribution in [0.25, 0.3) is 0 Å². The summed E-state index contributed by atoms with van der Waals surface area (Å²) in [6.45, 7) is 7.48. The monoisotopic (exact) mass is 431 g/mol. The second kappa shape index (κ2) is 22.2. The van der Waals surface area contributed by atoms with Gasteiger partial charge in [0, 0.05) is 6.54 Å². The molecule has 1 rings (SSSR count). The summed E-state index contributed by atoms with van der Waals surface area (Å²) in [5.41, 5.74) is 1.35. The lowest BCUT2D eigenvalue weighted by Gasteiger charge is -2.08. The molecule has 1 aromatic carbocycles. The zero-order valence-corrected chi connectivity index (χ0v) is 21.1. The van der Waals surface area contributed by atoms with Gasteiger partial charge in [-0.3, -0.25) is 0 Å². The number of unbranched alkanes of at least 4 members (excludes halogenated alkanes) is 16. The summed E-state index contributed by atoms with van der Waals surface area (Å²) in [6.07, 6.45) is 25.0. The topological polar surface area (TPSA) is 21.3 Å². The Kier molecular flexibility index (Phi) is 20.0. The lowest BCUT2D eigenvalue weighted by atomic mass is 10.0. The van der Waals surface area contributed by atoms with Crippen LogP contribution in [0.5, 0.6) is 5.75 Å². The summed E-state index contributed by atoms with van der Waals surface area (Å²) in [6, 6.07) is 8.62. The standard InChI is InChI=1S/C29H53NO/c1-3-5-7-9-10-11-12-13-14-15-16-17-18-19-25-30-27-28-21-23-29(24-22-28)31-26-20-8-6-4-2/h21-24,30H,3-20,25-27H2,1-2H3. The van der Waals surface area contributed by atoms with Crippen LogP contribution < -0.4 is 10.1 Å². The third kappa shape index (κ3) is 18.3. The smallest absolute Gasteiger partial charge is 0.119 e. The molecule has 1 aromatic rings. The Labute approximate surface area is 194 Å². The van der Waals surface area contributed by atoms with Crippen LogP contribution in [0.1, 0.15) is 135 Å². The maximum atomic E-state index is 5.82. The molecule has 0 spiro atoms. The molecule has 0 unspecified atom stereocenters. The first-order chi connectivity index (χ1) is 15.4. The highest BCUT2D eigenvalue weighted by Gasteiger charge is 1.97. The summed E-state index contributed by atoms with van der Waals surface area (Å²) in [5, 5.41) is 3.59. The van der Waals surface area contributed by atoms with Crippen molar-refractivity contribution in [3.05, 3.63) is 29.8 Å². The molecule has 0 aliphatic rings. The first kappa shape index (κ1) is 28.0. The van der Waals surface area contributed by atoms with Crippen molar-refractivity contribution < 1.29 is 4.74 Å². The fraction of sp³-hybridized carbons (Fsp3) is 0.793. The van der Waals surface area contributed by atoms with Crippen LogP contribution in [0.3, 0.4) is 0 Å². The van der Waals surface area contributed by atoms with Crippen LogP contribution in [0.2, 0.25) is 0 Å². The summed E-state index contributed by atoms with van der Waals surface area (Å²) < 4.78 is 5.82. The summed E-state index contributed by atoms with van der Waals surface area (Å²) in [5.74, 6) is 1.01. The van der Waals surface area contributed by atoms with Crippen molar-refractivity contribution in [3.63, 3.8) is 0 Å². The van der Waals surface area contributed by atoms with Crippen molar-refractivity contribution in [2.75, 3.05) is 13.2 Å².